The van der Waals surface area contributed by atoms with E-state index in [1.165, 1.54) is 42.5 Å². The van der Waals surface area contributed by atoms with E-state index in [-0.39, 0.29) is 21.3 Å². The van der Waals surface area contributed by atoms with Gasteiger partial charge in [0, 0.05) is 18.0 Å². The van der Waals surface area contributed by atoms with E-state index in [4.69, 9.17) is 11.6 Å². The molecule has 0 aliphatic heterocycles. The molecule has 3 aromatic rings. The fourth-order valence-corrected chi connectivity index (χ4v) is 3.37. The van der Waals surface area contributed by atoms with Crippen molar-refractivity contribution in [2.24, 2.45) is 0 Å². The largest absolute Gasteiger partial charge is 0.435 e. The van der Waals surface area contributed by atoms with Gasteiger partial charge in [0.2, 0.25) is 0 Å². The van der Waals surface area contributed by atoms with Gasteiger partial charge in [-0.15, -0.1) is 0 Å². The van der Waals surface area contributed by atoms with Gasteiger partial charge in [-0.05, 0) is 30.3 Å². The van der Waals surface area contributed by atoms with Crippen molar-refractivity contribution in [2.75, 3.05) is 11.6 Å². The minimum atomic E-state index is -4.78. The molecule has 0 unspecified atom stereocenters. The lowest BCUT2D eigenvalue weighted by atomic mass is 10.2. The highest BCUT2D eigenvalue weighted by atomic mass is 35.5. The van der Waals surface area contributed by atoms with Gasteiger partial charge in [0.05, 0.1) is 15.6 Å². The number of carbonyl (C=O) groups is 1. The van der Waals surface area contributed by atoms with Gasteiger partial charge in [-0.25, -0.2) is 13.1 Å². The average molecular weight is 444 g/mol. The molecule has 0 aliphatic rings. The highest BCUT2D eigenvalue weighted by Gasteiger charge is 2.36. The van der Waals surface area contributed by atoms with Gasteiger partial charge in [-0.1, -0.05) is 29.8 Å². The van der Waals surface area contributed by atoms with Crippen molar-refractivity contribution in [3.8, 4) is 5.69 Å². The average Bonchev–Trinajstić information content (AvgIpc) is 3.07. The summed E-state index contributed by atoms with van der Waals surface area (Å²) in [5.41, 5.74) is -1.51. The van der Waals surface area contributed by atoms with E-state index in [1.54, 1.807) is 6.07 Å². The lowest BCUT2D eigenvalue weighted by molar-refractivity contribution is -0.141. The Balaban J connectivity index is 2.05. The molecule has 0 atom stereocenters. The van der Waals surface area contributed by atoms with Gasteiger partial charge in [0.15, 0.2) is 15.5 Å². The Kier molecular flexibility index (Phi) is 5.42. The molecule has 0 aliphatic carbocycles. The first kappa shape index (κ1) is 20.9. The van der Waals surface area contributed by atoms with E-state index in [1.807, 2.05) is 0 Å². The zero-order valence-corrected chi connectivity index (χ0v) is 16.3. The summed E-state index contributed by atoms with van der Waals surface area (Å²) in [7, 11) is -3.53. The highest BCUT2D eigenvalue weighted by Crippen LogP contribution is 2.31. The first-order valence-corrected chi connectivity index (χ1v) is 10.3. The van der Waals surface area contributed by atoms with E-state index in [0.717, 1.165) is 10.9 Å². The number of nitrogens with one attached hydrogen (secondary N) is 1. The van der Waals surface area contributed by atoms with Gasteiger partial charge >= 0.3 is 6.18 Å². The summed E-state index contributed by atoms with van der Waals surface area (Å²) < 4.78 is 63.6. The Morgan fingerprint density at radius 2 is 1.79 bits per heavy atom. The van der Waals surface area contributed by atoms with Crippen molar-refractivity contribution >= 4 is 33.0 Å². The fourth-order valence-electron chi connectivity index (χ4n) is 2.49. The molecule has 1 heterocycles. The van der Waals surface area contributed by atoms with Crippen LogP contribution in [0.25, 0.3) is 5.69 Å². The second-order valence-corrected chi connectivity index (χ2v) is 8.45. The van der Waals surface area contributed by atoms with Crippen molar-refractivity contribution in [2.45, 2.75) is 11.1 Å². The minimum Gasteiger partial charge on any atom is -0.321 e. The van der Waals surface area contributed by atoms with Crippen molar-refractivity contribution in [1.29, 1.82) is 0 Å². The molecule has 1 N–H and O–H groups in total. The number of anilines is 1. The van der Waals surface area contributed by atoms with Crippen LogP contribution in [0.5, 0.6) is 0 Å². The van der Waals surface area contributed by atoms with Crippen molar-refractivity contribution in [3.05, 3.63) is 71.0 Å². The number of benzene rings is 2. The van der Waals surface area contributed by atoms with Gasteiger partial charge in [-0.2, -0.15) is 18.3 Å². The molecule has 1 aromatic heterocycles. The molecule has 0 radical (unpaired) electrons. The number of amides is 1. The summed E-state index contributed by atoms with van der Waals surface area (Å²) >= 11 is 6.05. The summed E-state index contributed by atoms with van der Waals surface area (Å²) in [6.45, 7) is 0. The maximum atomic E-state index is 13.2. The maximum Gasteiger partial charge on any atom is 0.435 e. The molecular formula is C18H13ClF3N3O3S. The number of sulfone groups is 1. The molecule has 0 fully saturated rings. The number of aromatic nitrogens is 2. The number of alkyl halides is 3. The zero-order valence-electron chi connectivity index (χ0n) is 14.7. The van der Waals surface area contributed by atoms with Gasteiger partial charge in [0.1, 0.15) is 5.69 Å². The number of para-hydroxylation sites is 1. The molecule has 0 saturated heterocycles. The molecule has 1 amide bonds. The second kappa shape index (κ2) is 7.53. The van der Waals surface area contributed by atoms with Crippen LogP contribution in [0.3, 0.4) is 0 Å². The minimum absolute atomic E-state index is 0.0501. The third kappa shape index (κ3) is 4.60. The van der Waals surface area contributed by atoms with Crippen LogP contribution in [0.1, 0.15) is 16.2 Å². The van der Waals surface area contributed by atoms with Crippen LogP contribution in [-0.4, -0.2) is 30.4 Å². The summed E-state index contributed by atoms with van der Waals surface area (Å²) in [6, 6.07) is 11.9. The highest BCUT2D eigenvalue weighted by molar-refractivity contribution is 7.90. The number of carbonyl (C=O) groups excluding carboxylic acids is 1. The molecule has 11 heteroatoms. The van der Waals surface area contributed by atoms with Crippen molar-refractivity contribution in [3.63, 3.8) is 0 Å². The van der Waals surface area contributed by atoms with Gasteiger partial charge < -0.3 is 5.32 Å². The monoisotopic (exact) mass is 443 g/mol. The summed E-state index contributed by atoms with van der Waals surface area (Å²) in [5.74, 6) is -0.918. The number of halogens is 4. The first-order chi connectivity index (χ1) is 13.5. The normalized spacial score (nSPS) is 12.0. The third-order valence-electron chi connectivity index (χ3n) is 3.83. The molecular weight excluding hydrogens is 431 g/mol. The molecule has 6 nitrogen and oxygen atoms in total. The number of rotatable bonds is 4. The molecule has 29 heavy (non-hydrogen) atoms. The smallest absolute Gasteiger partial charge is 0.321 e. The van der Waals surface area contributed by atoms with Crippen LogP contribution < -0.4 is 5.32 Å². The summed E-state index contributed by atoms with van der Waals surface area (Å²) in [4.78, 5) is 12.6. The standard InChI is InChI=1S/C18H13ClF3N3O3S/c1-29(27,28)12-6-4-5-11(9-12)23-17(26)15-10-16(18(20,21)22)24-25(15)14-8-3-2-7-13(14)19/h2-10H,1H3,(H,23,26). The SMILES string of the molecule is CS(=O)(=O)c1cccc(NC(=O)c2cc(C(F)(F)F)nn2-c2ccccc2Cl)c1. The molecule has 3 rings (SSSR count). The lowest BCUT2D eigenvalue weighted by Crippen LogP contribution is -2.17. The van der Waals surface area contributed by atoms with Crippen molar-refractivity contribution < 1.29 is 26.4 Å². The van der Waals surface area contributed by atoms with E-state index >= 15 is 0 Å². The Morgan fingerprint density at radius 1 is 1.10 bits per heavy atom. The molecule has 0 saturated carbocycles. The second-order valence-electron chi connectivity index (χ2n) is 6.03. The zero-order chi connectivity index (χ0) is 21.4. The predicted molar refractivity (Wildman–Crippen MR) is 101 cm³/mol. The quantitative estimate of drug-likeness (QED) is 0.655. The Morgan fingerprint density at radius 3 is 2.41 bits per heavy atom. The van der Waals surface area contributed by atoms with E-state index < -0.39 is 33.3 Å². The molecule has 0 spiro atoms. The van der Waals surface area contributed by atoms with Crippen LogP contribution >= 0.6 is 11.6 Å². The molecule has 2 aromatic carbocycles. The number of hydrogen-bond donors (Lipinski definition) is 1. The topological polar surface area (TPSA) is 81.1 Å². The van der Waals surface area contributed by atoms with Crippen LogP contribution in [0.2, 0.25) is 5.02 Å². The fraction of sp³-hybridized carbons (Fsp3) is 0.111. The molecule has 0 bridgehead atoms. The Labute approximate surface area is 168 Å². The predicted octanol–water partition coefficient (Wildman–Crippen LogP) is 4.20. The van der Waals surface area contributed by atoms with E-state index in [0.29, 0.717) is 6.07 Å². The van der Waals surface area contributed by atoms with Crippen molar-refractivity contribution in [1.82, 2.24) is 9.78 Å². The third-order valence-corrected chi connectivity index (χ3v) is 5.26. The van der Waals surface area contributed by atoms with Crippen LogP contribution in [0, 0.1) is 0 Å². The Hall–Kier alpha value is -2.85. The summed E-state index contributed by atoms with van der Waals surface area (Å²) in [6.07, 6.45) is -3.78. The summed E-state index contributed by atoms with van der Waals surface area (Å²) in [5, 5.41) is 5.97. The van der Waals surface area contributed by atoms with Gasteiger partial charge in [0.25, 0.3) is 5.91 Å². The van der Waals surface area contributed by atoms with Crippen LogP contribution in [0.15, 0.2) is 59.5 Å². The number of hydrogen-bond acceptors (Lipinski definition) is 4. The molecule has 152 valence electrons. The lowest BCUT2D eigenvalue weighted by Gasteiger charge is -2.10. The Bertz CT molecular complexity index is 1190. The van der Waals surface area contributed by atoms with Crippen LogP contribution in [-0.2, 0) is 16.0 Å². The van der Waals surface area contributed by atoms with E-state index in [9.17, 15) is 26.4 Å². The first-order valence-electron chi connectivity index (χ1n) is 8.00. The maximum absolute atomic E-state index is 13.2. The van der Waals surface area contributed by atoms with Gasteiger partial charge in [-0.3, -0.25) is 4.79 Å². The number of nitrogens with zero attached hydrogens (tertiary/aromatic N) is 2. The van der Waals surface area contributed by atoms with Crippen LogP contribution in [0.4, 0.5) is 18.9 Å². The van der Waals surface area contributed by atoms with E-state index in [2.05, 4.69) is 10.4 Å².